The minimum Gasteiger partial charge on any atom is -0.352 e. The van der Waals surface area contributed by atoms with Crippen molar-refractivity contribution in [3.63, 3.8) is 0 Å². The fourth-order valence-electron chi connectivity index (χ4n) is 4.71. The largest absolute Gasteiger partial charge is 0.352 e. The lowest BCUT2D eigenvalue weighted by Gasteiger charge is -2.41. The number of carbonyl (C=O) groups excluding carboxylic acids is 1. The van der Waals surface area contributed by atoms with E-state index in [0.717, 1.165) is 53.8 Å². The number of hydrogen-bond acceptors (Lipinski definition) is 6. The molecule has 1 aromatic carbocycles. The van der Waals surface area contributed by atoms with Crippen molar-refractivity contribution in [3.8, 4) is 0 Å². The second-order valence-corrected chi connectivity index (χ2v) is 7.68. The predicted octanol–water partition coefficient (Wildman–Crippen LogP) is 2.39. The number of aromatic nitrogens is 5. The third kappa shape index (κ3) is 2.55. The molecule has 29 heavy (non-hydrogen) atoms. The summed E-state index contributed by atoms with van der Waals surface area (Å²) >= 11 is 0. The quantitative estimate of drug-likeness (QED) is 0.570. The molecule has 6 rings (SSSR count). The van der Waals surface area contributed by atoms with Crippen LogP contribution >= 0.6 is 0 Å². The van der Waals surface area contributed by atoms with E-state index in [1.54, 1.807) is 12.5 Å². The number of amides is 1. The van der Waals surface area contributed by atoms with Crippen molar-refractivity contribution in [3.05, 3.63) is 54.7 Å². The van der Waals surface area contributed by atoms with Crippen molar-refractivity contribution in [2.75, 3.05) is 18.0 Å². The Bertz CT molecular complexity index is 1220. The molecular weight excluding hydrogens is 366 g/mol. The van der Waals surface area contributed by atoms with Crippen LogP contribution in [-0.2, 0) is 0 Å². The van der Waals surface area contributed by atoms with Crippen LogP contribution in [0.25, 0.3) is 22.1 Å². The maximum absolute atomic E-state index is 13.3. The fourth-order valence-corrected chi connectivity index (χ4v) is 4.71. The molecular formula is C21H19N7O. The number of piperazine rings is 1. The van der Waals surface area contributed by atoms with Crippen molar-refractivity contribution >= 4 is 33.8 Å². The van der Waals surface area contributed by atoms with Crippen LogP contribution in [0.15, 0.2) is 49.1 Å². The lowest BCUT2D eigenvalue weighted by molar-refractivity contribution is 0.0635. The highest BCUT2D eigenvalue weighted by molar-refractivity contribution is 5.95. The summed E-state index contributed by atoms with van der Waals surface area (Å²) in [5, 5.41) is 1.02. The summed E-state index contributed by atoms with van der Waals surface area (Å²) in [6, 6.07) is 9.95. The van der Waals surface area contributed by atoms with Crippen LogP contribution in [-0.4, -0.2) is 60.9 Å². The van der Waals surface area contributed by atoms with Crippen molar-refractivity contribution in [1.29, 1.82) is 0 Å². The van der Waals surface area contributed by atoms with E-state index < -0.39 is 0 Å². The van der Waals surface area contributed by atoms with E-state index in [0.29, 0.717) is 5.69 Å². The minimum atomic E-state index is -0.0233. The molecule has 3 aromatic heterocycles. The third-order valence-electron chi connectivity index (χ3n) is 6.02. The minimum absolute atomic E-state index is 0.0233. The standard InChI is InChI=1S/C21H19N7O/c29-21(18-9-23-16-3-1-2-4-17(16)26-18)28-13-5-6-14(28)11-27(10-13)20-15-7-8-22-19(15)24-12-25-20/h1-4,7-9,12-14H,5-6,10-11H2,(H,22,24,25)/t13-,14+. The fraction of sp³-hybridized carbons (Fsp3) is 0.286. The normalized spacial score (nSPS) is 21.2. The molecule has 1 N–H and O–H groups in total. The molecule has 1 amide bonds. The number of anilines is 1. The summed E-state index contributed by atoms with van der Waals surface area (Å²) in [4.78, 5) is 38.5. The first-order valence-electron chi connectivity index (χ1n) is 9.85. The lowest BCUT2D eigenvalue weighted by atomic mass is 10.1. The Balaban J connectivity index is 1.30. The van der Waals surface area contributed by atoms with E-state index in [-0.39, 0.29) is 18.0 Å². The van der Waals surface area contributed by atoms with Gasteiger partial charge in [0.25, 0.3) is 5.91 Å². The second kappa shape index (κ2) is 6.23. The Morgan fingerprint density at radius 3 is 2.62 bits per heavy atom. The van der Waals surface area contributed by atoms with Gasteiger partial charge in [0.15, 0.2) is 0 Å². The van der Waals surface area contributed by atoms with Gasteiger partial charge in [-0.05, 0) is 31.0 Å². The number of hydrogen-bond donors (Lipinski definition) is 1. The van der Waals surface area contributed by atoms with E-state index in [1.165, 1.54) is 0 Å². The Morgan fingerprint density at radius 2 is 1.79 bits per heavy atom. The van der Waals surface area contributed by atoms with Gasteiger partial charge in [-0.25, -0.2) is 15.0 Å². The zero-order valence-corrected chi connectivity index (χ0v) is 15.7. The van der Waals surface area contributed by atoms with E-state index in [2.05, 4.69) is 29.8 Å². The lowest BCUT2D eigenvalue weighted by Crippen LogP contribution is -2.56. The first kappa shape index (κ1) is 16.4. The average molecular weight is 385 g/mol. The highest BCUT2D eigenvalue weighted by Gasteiger charge is 2.43. The van der Waals surface area contributed by atoms with E-state index in [1.807, 2.05) is 41.4 Å². The van der Waals surface area contributed by atoms with Crippen LogP contribution in [0.2, 0.25) is 0 Å². The van der Waals surface area contributed by atoms with Crippen LogP contribution < -0.4 is 4.90 Å². The van der Waals surface area contributed by atoms with Crippen LogP contribution in [0, 0.1) is 0 Å². The average Bonchev–Trinajstić information content (AvgIpc) is 3.34. The number of carbonyl (C=O) groups is 1. The Kier molecular flexibility index (Phi) is 3.53. The summed E-state index contributed by atoms with van der Waals surface area (Å²) in [7, 11) is 0. The second-order valence-electron chi connectivity index (χ2n) is 7.68. The molecule has 8 nitrogen and oxygen atoms in total. The molecule has 2 bridgehead atoms. The number of rotatable bonds is 2. The topological polar surface area (TPSA) is 90.9 Å². The molecule has 0 saturated carbocycles. The van der Waals surface area contributed by atoms with Crippen molar-refractivity contribution in [2.45, 2.75) is 24.9 Å². The van der Waals surface area contributed by atoms with Gasteiger partial charge in [0, 0.05) is 19.3 Å². The van der Waals surface area contributed by atoms with Gasteiger partial charge < -0.3 is 14.8 Å². The zero-order chi connectivity index (χ0) is 19.4. The third-order valence-corrected chi connectivity index (χ3v) is 6.02. The molecule has 2 fully saturated rings. The molecule has 2 saturated heterocycles. The molecule has 0 radical (unpaired) electrons. The summed E-state index contributed by atoms with van der Waals surface area (Å²) in [5.74, 6) is 0.913. The molecule has 0 aliphatic carbocycles. The highest BCUT2D eigenvalue weighted by atomic mass is 16.2. The monoisotopic (exact) mass is 385 g/mol. The smallest absolute Gasteiger partial charge is 0.274 e. The van der Waals surface area contributed by atoms with Crippen LogP contribution in [0.4, 0.5) is 5.82 Å². The van der Waals surface area contributed by atoms with Crippen molar-refractivity contribution in [1.82, 2.24) is 29.8 Å². The molecule has 4 aromatic rings. The summed E-state index contributed by atoms with van der Waals surface area (Å²) in [6.07, 6.45) is 7.07. The molecule has 2 atom stereocenters. The van der Waals surface area contributed by atoms with Crippen LogP contribution in [0.5, 0.6) is 0 Å². The number of fused-ring (bicyclic) bond motifs is 4. The number of nitrogens with zero attached hydrogens (tertiary/aromatic N) is 6. The van der Waals surface area contributed by atoms with Gasteiger partial charge >= 0.3 is 0 Å². The predicted molar refractivity (Wildman–Crippen MR) is 109 cm³/mol. The van der Waals surface area contributed by atoms with Crippen LogP contribution in [0.3, 0.4) is 0 Å². The summed E-state index contributed by atoms with van der Waals surface area (Å²) < 4.78 is 0. The number of aromatic amines is 1. The van der Waals surface area contributed by atoms with Gasteiger partial charge in [-0.15, -0.1) is 0 Å². The zero-order valence-electron chi connectivity index (χ0n) is 15.7. The SMILES string of the molecule is O=C(c1cnc2ccccc2n1)N1[C@@H]2CC[C@H]1CN(c1ncnc3[nH]ccc13)C2. The van der Waals surface area contributed by atoms with E-state index in [4.69, 9.17) is 0 Å². The van der Waals surface area contributed by atoms with Gasteiger partial charge in [0.05, 0.1) is 34.7 Å². The van der Waals surface area contributed by atoms with Gasteiger partial charge in [0.2, 0.25) is 0 Å². The number of benzene rings is 1. The van der Waals surface area contributed by atoms with E-state index >= 15 is 0 Å². The van der Waals surface area contributed by atoms with Gasteiger partial charge in [-0.1, -0.05) is 12.1 Å². The number of nitrogens with one attached hydrogen (secondary N) is 1. The Labute approximate surface area is 166 Å². The Hall–Kier alpha value is -3.55. The molecule has 0 spiro atoms. The molecule has 8 heteroatoms. The summed E-state index contributed by atoms with van der Waals surface area (Å²) in [5.41, 5.74) is 2.81. The molecule has 0 unspecified atom stereocenters. The van der Waals surface area contributed by atoms with Crippen molar-refractivity contribution < 1.29 is 4.79 Å². The van der Waals surface area contributed by atoms with Gasteiger partial charge in [-0.2, -0.15) is 0 Å². The highest BCUT2D eigenvalue weighted by Crippen LogP contribution is 2.34. The maximum atomic E-state index is 13.3. The van der Waals surface area contributed by atoms with Gasteiger partial charge in [0.1, 0.15) is 23.5 Å². The number of para-hydroxylation sites is 2. The van der Waals surface area contributed by atoms with Crippen molar-refractivity contribution in [2.24, 2.45) is 0 Å². The first-order valence-corrected chi connectivity index (χ1v) is 9.85. The molecule has 5 heterocycles. The summed E-state index contributed by atoms with van der Waals surface area (Å²) in [6.45, 7) is 1.53. The molecule has 2 aliphatic heterocycles. The van der Waals surface area contributed by atoms with Gasteiger partial charge in [-0.3, -0.25) is 9.78 Å². The number of H-pyrrole nitrogens is 1. The molecule has 2 aliphatic rings. The van der Waals surface area contributed by atoms with Crippen LogP contribution in [0.1, 0.15) is 23.3 Å². The maximum Gasteiger partial charge on any atom is 0.274 e. The molecule has 144 valence electrons. The van der Waals surface area contributed by atoms with E-state index in [9.17, 15) is 4.79 Å². The first-order chi connectivity index (χ1) is 14.3. The Morgan fingerprint density at radius 1 is 1.00 bits per heavy atom.